The molecular formula is C26H34N4O3. The first-order valence-corrected chi connectivity index (χ1v) is 11.6. The molecule has 1 N–H and O–H groups in total. The molecule has 2 aromatic rings. The van der Waals surface area contributed by atoms with Gasteiger partial charge in [-0.25, -0.2) is 4.98 Å². The van der Waals surface area contributed by atoms with Crippen molar-refractivity contribution in [2.75, 3.05) is 37.1 Å². The van der Waals surface area contributed by atoms with Crippen molar-refractivity contribution < 1.29 is 14.3 Å². The van der Waals surface area contributed by atoms with Crippen molar-refractivity contribution in [2.45, 2.75) is 52.0 Å². The summed E-state index contributed by atoms with van der Waals surface area (Å²) >= 11 is 0. The molecule has 0 aliphatic carbocycles. The van der Waals surface area contributed by atoms with Crippen molar-refractivity contribution in [1.29, 1.82) is 5.26 Å². The Bertz CT molecular complexity index is 962. The molecule has 1 aliphatic rings. The number of rotatable bonds is 9. The number of ether oxygens (including phenoxy) is 2. The lowest BCUT2D eigenvalue weighted by Crippen LogP contribution is -2.42. The van der Waals surface area contributed by atoms with Gasteiger partial charge < -0.3 is 19.7 Å². The number of methoxy groups -OCH3 is 1. The van der Waals surface area contributed by atoms with Crippen LogP contribution in [0.2, 0.25) is 0 Å². The van der Waals surface area contributed by atoms with Gasteiger partial charge in [-0.15, -0.1) is 0 Å². The van der Waals surface area contributed by atoms with Gasteiger partial charge in [0.15, 0.2) is 0 Å². The Morgan fingerprint density at radius 3 is 2.64 bits per heavy atom. The molecule has 1 atom stereocenters. The van der Waals surface area contributed by atoms with E-state index in [9.17, 15) is 4.79 Å². The first-order valence-electron chi connectivity index (χ1n) is 11.6. The number of nitriles is 1. The van der Waals surface area contributed by atoms with E-state index in [1.165, 1.54) is 7.11 Å². The third-order valence-electron chi connectivity index (χ3n) is 5.95. The molecule has 1 aromatic carbocycles. The molecule has 7 nitrogen and oxygen atoms in total. The average molecular weight is 451 g/mol. The first kappa shape index (κ1) is 24.5. The quantitative estimate of drug-likeness (QED) is 0.538. The maximum atomic E-state index is 11.8. The van der Waals surface area contributed by atoms with Crippen LogP contribution in [0.3, 0.4) is 0 Å². The van der Waals surface area contributed by atoms with Crippen molar-refractivity contribution in [3.8, 4) is 6.07 Å². The molecule has 0 saturated carbocycles. The van der Waals surface area contributed by atoms with Gasteiger partial charge in [0.1, 0.15) is 11.9 Å². The van der Waals surface area contributed by atoms with Gasteiger partial charge in [-0.2, -0.15) is 5.26 Å². The number of carbonyl (C=O) groups is 1. The van der Waals surface area contributed by atoms with E-state index in [0.29, 0.717) is 29.8 Å². The van der Waals surface area contributed by atoms with E-state index in [1.54, 1.807) is 12.3 Å². The van der Waals surface area contributed by atoms with Crippen LogP contribution in [0.5, 0.6) is 0 Å². The Kier molecular flexibility index (Phi) is 8.67. The Morgan fingerprint density at radius 2 is 2.03 bits per heavy atom. The maximum Gasteiger partial charge on any atom is 0.306 e. The standard InChI is InChI=1S/C26H34N4O3/c1-18(2)17-30(22-9-11-33-12-10-22)24-7-6-21(19(3)13-26(31)32-4)14-23(24)29-25-8-5-20(15-27)16-28-25/h5-8,14,16,18-19,22H,9-13,17H2,1-4H3,(H,28,29)/t19-/m1/s1. The SMILES string of the molecule is COC(=O)C[C@@H](C)c1ccc(N(CC(C)C)C2CCOCC2)c(Nc2ccc(C#N)cn2)c1. The van der Waals surface area contributed by atoms with E-state index in [2.05, 4.69) is 53.3 Å². The maximum absolute atomic E-state index is 11.8. The second kappa shape index (κ2) is 11.7. The van der Waals surface area contributed by atoms with E-state index in [-0.39, 0.29) is 11.9 Å². The first-order chi connectivity index (χ1) is 15.9. The molecule has 0 radical (unpaired) electrons. The smallest absolute Gasteiger partial charge is 0.306 e. The molecule has 2 heterocycles. The predicted octanol–water partition coefficient (Wildman–Crippen LogP) is 5.00. The van der Waals surface area contributed by atoms with Crippen LogP contribution in [0, 0.1) is 17.2 Å². The van der Waals surface area contributed by atoms with E-state index in [1.807, 2.05) is 13.0 Å². The third kappa shape index (κ3) is 6.69. The van der Waals surface area contributed by atoms with Crippen LogP contribution < -0.4 is 10.2 Å². The molecular weight excluding hydrogens is 416 g/mol. The van der Waals surface area contributed by atoms with Crippen molar-refractivity contribution in [1.82, 2.24) is 4.98 Å². The topological polar surface area (TPSA) is 87.5 Å². The molecule has 176 valence electrons. The number of aromatic nitrogens is 1. The lowest BCUT2D eigenvalue weighted by atomic mass is 9.95. The molecule has 3 rings (SSSR count). The van der Waals surface area contributed by atoms with Gasteiger partial charge in [0.25, 0.3) is 0 Å². The number of pyridine rings is 1. The Morgan fingerprint density at radius 1 is 1.27 bits per heavy atom. The lowest BCUT2D eigenvalue weighted by molar-refractivity contribution is -0.140. The highest BCUT2D eigenvalue weighted by Gasteiger charge is 2.25. The second-order valence-corrected chi connectivity index (χ2v) is 9.02. The molecule has 33 heavy (non-hydrogen) atoms. The van der Waals surface area contributed by atoms with Crippen LogP contribution in [-0.2, 0) is 14.3 Å². The Labute approximate surface area is 196 Å². The van der Waals surface area contributed by atoms with Crippen molar-refractivity contribution in [3.63, 3.8) is 0 Å². The predicted molar refractivity (Wildman–Crippen MR) is 130 cm³/mol. The highest BCUT2D eigenvalue weighted by atomic mass is 16.5. The minimum Gasteiger partial charge on any atom is -0.469 e. The fourth-order valence-corrected chi connectivity index (χ4v) is 4.17. The summed E-state index contributed by atoms with van der Waals surface area (Å²) in [6.45, 7) is 8.96. The van der Waals surface area contributed by atoms with Crippen LogP contribution >= 0.6 is 0 Å². The summed E-state index contributed by atoms with van der Waals surface area (Å²) < 4.78 is 10.5. The number of carbonyl (C=O) groups excluding carboxylic acids is 1. The molecule has 1 saturated heterocycles. The van der Waals surface area contributed by atoms with E-state index < -0.39 is 0 Å². The van der Waals surface area contributed by atoms with E-state index in [4.69, 9.17) is 14.7 Å². The second-order valence-electron chi connectivity index (χ2n) is 9.02. The minimum absolute atomic E-state index is 0.0163. The normalized spacial score (nSPS) is 15.0. The highest BCUT2D eigenvalue weighted by molar-refractivity contribution is 5.76. The summed E-state index contributed by atoms with van der Waals surface area (Å²) in [5.74, 6) is 0.956. The van der Waals surface area contributed by atoms with Gasteiger partial charge in [0.2, 0.25) is 0 Å². The van der Waals surface area contributed by atoms with Crippen molar-refractivity contribution in [2.24, 2.45) is 5.92 Å². The fourth-order valence-electron chi connectivity index (χ4n) is 4.17. The number of hydrogen-bond acceptors (Lipinski definition) is 7. The Hall–Kier alpha value is -3.11. The Balaban J connectivity index is 1.99. The molecule has 1 aliphatic heterocycles. The molecule has 1 aromatic heterocycles. The zero-order chi connectivity index (χ0) is 23.8. The van der Waals surface area contributed by atoms with E-state index >= 15 is 0 Å². The highest BCUT2D eigenvalue weighted by Crippen LogP contribution is 2.36. The van der Waals surface area contributed by atoms with Crippen molar-refractivity contribution in [3.05, 3.63) is 47.7 Å². The zero-order valence-electron chi connectivity index (χ0n) is 20.0. The van der Waals surface area contributed by atoms with Crippen LogP contribution in [0.25, 0.3) is 0 Å². The summed E-state index contributed by atoms with van der Waals surface area (Å²) in [5, 5.41) is 12.6. The number of nitrogens with zero attached hydrogens (tertiary/aromatic N) is 3. The molecule has 0 spiro atoms. The largest absolute Gasteiger partial charge is 0.469 e. The summed E-state index contributed by atoms with van der Waals surface area (Å²) in [6.07, 6.45) is 3.86. The van der Waals surface area contributed by atoms with Gasteiger partial charge in [0, 0.05) is 32.0 Å². The number of nitrogens with one attached hydrogen (secondary N) is 1. The third-order valence-corrected chi connectivity index (χ3v) is 5.95. The minimum atomic E-state index is -0.224. The monoisotopic (exact) mass is 450 g/mol. The number of hydrogen-bond donors (Lipinski definition) is 1. The average Bonchev–Trinajstić information content (AvgIpc) is 2.83. The summed E-state index contributed by atoms with van der Waals surface area (Å²) in [6, 6.07) is 12.4. The van der Waals surface area contributed by atoms with Gasteiger partial charge in [-0.05, 0) is 54.5 Å². The summed E-state index contributed by atoms with van der Waals surface area (Å²) in [4.78, 5) is 18.7. The molecule has 7 heteroatoms. The molecule has 0 unspecified atom stereocenters. The van der Waals surface area contributed by atoms with Gasteiger partial charge in [0.05, 0.1) is 30.5 Å². The van der Waals surface area contributed by atoms with Crippen LogP contribution in [0.4, 0.5) is 17.2 Å². The number of esters is 1. The van der Waals surface area contributed by atoms with Gasteiger partial charge in [-0.3, -0.25) is 4.79 Å². The summed E-state index contributed by atoms with van der Waals surface area (Å²) in [5.41, 5.74) is 3.62. The van der Waals surface area contributed by atoms with Crippen LogP contribution in [-0.4, -0.2) is 43.9 Å². The molecule has 0 amide bonds. The number of anilines is 3. The lowest BCUT2D eigenvalue weighted by Gasteiger charge is -2.38. The van der Waals surface area contributed by atoms with Gasteiger partial charge >= 0.3 is 5.97 Å². The van der Waals surface area contributed by atoms with Crippen LogP contribution in [0.1, 0.15) is 57.1 Å². The van der Waals surface area contributed by atoms with E-state index in [0.717, 1.165) is 49.5 Å². The summed E-state index contributed by atoms with van der Waals surface area (Å²) in [7, 11) is 1.42. The van der Waals surface area contributed by atoms with Gasteiger partial charge in [-0.1, -0.05) is 26.8 Å². The van der Waals surface area contributed by atoms with Crippen molar-refractivity contribution >= 4 is 23.2 Å². The molecule has 1 fully saturated rings. The zero-order valence-corrected chi connectivity index (χ0v) is 20.0. The fraction of sp³-hybridized carbons (Fsp3) is 0.500. The molecule has 0 bridgehead atoms. The van der Waals surface area contributed by atoms with Crippen LogP contribution in [0.15, 0.2) is 36.5 Å². The number of benzene rings is 1.